The van der Waals surface area contributed by atoms with Crippen LogP contribution >= 0.6 is 0 Å². The van der Waals surface area contributed by atoms with Gasteiger partial charge in [-0.15, -0.1) is 0 Å². The summed E-state index contributed by atoms with van der Waals surface area (Å²) in [6.07, 6.45) is 4.89. The summed E-state index contributed by atoms with van der Waals surface area (Å²) in [6.45, 7) is 0. The van der Waals surface area contributed by atoms with Crippen molar-refractivity contribution in [2.45, 2.75) is 0 Å². The zero-order valence-electron chi connectivity index (χ0n) is 7.59. The smallest absolute Gasteiger partial charge is 0.171 e. The van der Waals surface area contributed by atoms with Crippen LogP contribution in [0.2, 0.25) is 0 Å². The molecule has 4 nitrogen and oxygen atoms in total. The minimum atomic E-state index is -0.641. The highest BCUT2D eigenvalue weighted by Crippen LogP contribution is 2.14. The van der Waals surface area contributed by atoms with Crippen molar-refractivity contribution in [1.82, 2.24) is 15.0 Å². The largest absolute Gasteiger partial charge is 0.296 e. The van der Waals surface area contributed by atoms with Crippen LogP contribution in [0, 0.1) is 5.82 Å². The monoisotopic (exact) mass is 203 g/mol. The molecule has 0 saturated heterocycles. The van der Waals surface area contributed by atoms with Gasteiger partial charge in [-0.2, -0.15) is 0 Å². The molecule has 0 saturated carbocycles. The Morgan fingerprint density at radius 3 is 2.73 bits per heavy atom. The molecule has 0 bridgehead atoms. The molecule has 0 atom stereocenters. The van der Waals surface area contributed by atoms with Crippen molar-refractivity contribution in [3.8, 4) is 11.4 Å². The maximum absolute atomic E-state index is 13.0. The predicted octanol–water partition coefficient (Wildman–Crippen LogP) is 1.49. The van der Waals surface area contributed by atoms with Crippen LogP contribution in [0.5, 0.6) is 0 Å². The molecular weight excluding hydrogens is 197 g/mol. The molecule has 0 spiro atoms. The molecule has 0 N–H and O–H groups in total. The highest BCUT2D eigenvalue weighted by atomic mass is 19.1. The summed E-state index contributed by atoms with van der Waals surface area (Å²) >= 11 is 0. The molecular formula is C10H6FN3O. The molecule has 0 amide bonds. The third kappa shape index (κ3) is 1.85. The normalized spacial score (nSPS) is 9.93. The van der Waals surface area contributed by atoms with Gasteiger partial charge in [-0.3, -0.25) is 14.8 Å². The van der Waals surface area contributed by atoms with Crippen molar-refractivity contribution < 1.29 is 9.18 Å². The first-order valence-electron chi connectivity index (χ1n) is 4.19. The number of halogens is 1. The summed E-state index contributed by atoms with van der Waals surface area (Å²) in [5.41, 5.74) is 0.699. The molecule has 0 fully saturated rings. The molecule has 2 rings (SSSR count). The fraction of sp³-hybridized carbons (Fsp3) is 0. The van der Waals surface area contributed by atoms with Crippen LogP contribution in [0.4, 0.5) is 4.39 Å². The predicted molar refractivity (Wildman–Crippen MR) is 50.6 cm³/mol. The number of pyridine rings is 1. The number of hydrogen-bond acceptors (Lipinski definition) is 4. The topological polar surface area (TPSA) is 55.7 Å². The molecule has 2 heterocycles. The van der Waals surface area contributed by atoms with Gasteiger partial charge in [0.1, 0.15) is 11.4 Å². The lowest BCUT2D eigenvalue weighted by Crippen LogP contribution is -1.96. The number of aldehydes is 1. The van der Waals surface area contributed by atoms with Gasteiger partial charge < -0.3 is 0 Å². The van der Waals surface area contributed by atoms with Crippen molar-refractivity contribution in [2.24, 2.45) is 0 Å². The van der Waals surface area contributed by atoms with Crippen molar-refractivity contribution in [3.63, 3.8) is 0 Å². The van der Waals surface area contributed by atoms with Gasteiger partial charge >= 0.3 is 0 Å². The summed E-state index contributed by atoms with van der Waals surface area (Å²) in [6, 6.07) is 2.63. The molecule has 0 aromatic carbocycles. The molecule has 0 radical (unpaired) electrons. The van der Waals surface area contributed by atoms with Crippen molar-refractivity contribution >= 4 is 6.29 Å². The highest BCUT2D eigenvalue weighted by Gasteiger charge is 2.06. The van der Waals surface area contributed by atoms with Crippen LogP contribution in [0.3, 0.4) is 0 Å². The van der Waals surface area contributed by atoms with Crippen molar-refractivity contribution in [1.29, 1.82) is 0 Å². The standard InChI is InChI=1S/C10H6FN3O/c11-7-1-2-8(14-10(7)6-15)9-5-12-3-4-13-9/h1-6H. The van der Waals surface area contributed by atoms with Crippen LogP contribution in [0.1, 0.15) is 10.5 Å². The van der Waals surface area contributed by atoms with Gasteiger partial charge in [-0.05, 0) is 12.1 Å². The minimum absolute atomic E-state index is 0.224. The number of rotatable bonds is 2. The summed E-state index contributed by atoms with van der Waals surface area (Å²) in [5.74, 6) is -0.641. The lowest BCUT2D eigenvalue weighted by molar-refractivity contribution is 0.111. The SMILES string of the molecule is O=Cc1nc(-c2cnccn2)ccc1F. The first kappa shape index (κ1) is 9.39. The molecule has 5 heteroatoms. The first-order chi connectivity index (χ1) is 7.31. The number of carbonyl (C=O) groups excluding carboxylic acids is 1. The van der Waals surface area contributed by atoms with E-state index >= 15 is 0 Å². The van der Waals surface area contributed by atoms with Crippen LogP contribution in [-0.2, 0) is 0 Å². The van der Waals surface area contributed by atoms with Crippen LogP contribution < -0.4 is 0 Å². The minimum Gasteiger partial charge on any atom is -0.296 e. The van der Waals surface area contributed by atoms with Crippen LogP contribution in [0.15, 0.2) is 30.7 Å². The lowest BCUT2D eigenvalue weighted by atomic mass is 10.2. The second kappa shape index (κ2) is 3.91. The van der Waals surface area contributed by atoms with Gasteiger partial charge in [-0.1, -0.05) is 0 Å². The first-order valence-corrected chi connectivity index (χ1v) is 4.19. The Kier molecular flexibility index (Phi) is 2.45. The van der Waals surface area contributed by atoms with E-state index in [-0.39, 0.29) is 5.69 Å². The Morgan fingerprint density at radius 2 is 2.07 bits per heavy atom. The molecule has 74 valence electrons. The third-order valence-corrected chi connectivity index (χ3v) is 1.81. The average molecular weight is 203 g/mol. The van der Waals surface area contributed by atoms with Gasteiger partial charge in [0.25, 0.3) is 0 Å². The third-order valence-electron chi connectivity index (χ3n) is 1.81. The summed E-state index contributed by atoms with van der Waals surface area (Å²) < 4.78 is 13.0. The number of aromatic nitrogens is 3. The highest BCUT2D eigenvalue weighted by molar-refractivity contribution is 5.73. The quantitative estimate of drug-likeness (QED) is 0.694. The van der Waals surface area contributed by atoms with E-state index in [2.05, 4.69) is 15.0 Å². The van der Waals surface area contributed by atoms with E-state index in [9.17, 15) is 9.18 Å². The van der Waals surface area contributed by atoms with E-state index in [0.717, 1.165) is 0 Å². The Balaban J connectivity index is 2.51. The average Bonchev–Trinajstić information content (AvgIpc) is 2.31. The van der Waals surface area contributed by atoms with Crippen LogP contribution in [-0.4, -0.2) is 21.2 Å². The zero-order valence-corrected chi connectivity index (χ0v) is 7.59. The molecule has 2 aromatic heterocycles. The number of carbonyl (C=O) groups is 1. The van der Waals surface area contributed by atoms with E-state index in [1.807, 2.05) is 0 Å². The molecule has 0 aliphatic heterocycles. The Morgan fingerprint density at radius 1 is 1.20 bits per heavy atom. The number of nitrogens with zero attached hydrogens (tertiary/aromatic N) is 3. The fourth-order valence-electron chi connectivity index (χ4n) is 1.11. The summed E-state index contributed by atoms with van der Waals surface area (Å²) in [4.78, 5) is 22.1. The van der Waals surface area contributed by atoms with Gasteiger partial charge in [0.15, 0.2) is 12.1 Å². The maximum atomic E-state index is 13.0. The van der Waals surface area contributed by atoms with Gasteiger partial charge in [0.2, 0.25) is 0 Å². The second-order valence-corrected chi connectivity index (χ2v) is 2.77. The van der Waals surface area contributed by atoms with Gasteiger partial charge in [-0.25, -0.2) is 9.37 Å². The lowest BCUT2D eigenvalue weighted by Gasteiger charge is -1.99. The summed E-state index contributed by atoms with van der Waals surface area (Å²) in [7, 11) is 0. The molecule has 0 aliphatic carbocycles. The molecule has 2 aromatic rings. The number of hydrogen-bond donors (Lipinski definition) is 0. The van der Waals surface area contributed by atoms with E-state index in [0.29, 0.717) is 17.7 Å². The second-order valence-electron chi connectivity index (χ2n) is 2.77. The van der Waals surface area contributed by atoms with E-state index in [1.165, 1.54) is 30.7 Å². The Hall–Kier alpha value is -2.17. The van der Waals surface area contributed by atoms with Crippen LogP contribution in [0.25, 0.3) is 11.4 Å². The van der Waals surface area contributed by atoms with Crippen molar-refractivity contribution in [3.05, 3.63) is 42.2 Å². The van der Waals surface area contributed by atoms with E-state index in [1.54, 1.807) is 0 Å². The Bertz CT molecular complexity index is 487. The maximum Gasteiger partial charge on any atom is 0.171 e. The van der Waals surface area contributed by atoms with E-state index in [4.69, 9.17) is 0 Å². The molecule has 0 aliphatic rings. The molecule has 15 heavy (non-hydrogen) atoms. The summed E-state index contributed by atoms with van der Waals surface area (Å²) in [5, 5.41) is 0. The zero-order chi connectivity index (χ0) is 10.7. The van der Waals surface area contributed by atoms with Gasteiger partial charge in [0, 0.05) is 12.4 Å². The van der Waals surface area contributed by atoms with E-state index < -0.39 is 5.82 Å². The Labute approximate surface area is 84.8 Å². The van der Waals surface area contributed by atoms with Gasteiger partial charge in [0.05, 0.1) is 11.9 Å². The van der Waals surface area contributed by atoms with Crippen molar-refractivity contribution in [2.75, 3.05) is 0 Å². The fourth-order valence-corrected chi connectivity index (χ4v) is 1.11. The molecule has 0 unspecified atom stereocenters.